The van der Waals surface area contributed by atoms with Crippen molar-refractivity contribution in [2.24, 2.45) is 0 Å². The summed E-state index contributed by atoms with van der Waals surface area (Å²) < 4.78 is 5.38. The number of nitrogens with zero attached hydrogens (tertiary/aromatic N) is 4. The minimum absolute atomic E-state index is 0.0457. The number of anilines is 1. The molecule has 2 aromatic heterocycles. The minimum Gasteiger partial charge on any atom is -0.368 e. The fraction of sp³-hybridized carbons (Fsp3) is 0.286. The average molecular weight is 484 g/mol. The Hall–Kier alpha value is -4.20. The molecule has 0 aliphatic carbocycles. The van der Waals surface area contributed by atoms with Crippen molar-refractivity contribution in [2.45, 2.75) is 20.3 Å². The number of carbonyl (C=O) groups is 2. The molecule has 1 N–H and O–H groups in total. The van der Waals surface area contributed by atoms with Crippen LogP contribution in [0, 0.1) is 13.8 Å². The third-order valence-corrected chi connectivity index (χ3v) is 6.59. The van der Waals surface area contributed by atoms with Crippen LogP contribution in [-0.4, -0.2) is 59.6 Å². The summed E-state index contributed by atoms with van der Waals surface area (Å²) in [4.78, 5) is 34.7. The van der Waals surface area contributed by atoms with Crippen LogP contribution in [0.25, 0.3) is 22.4 Å². The number of para-hydroxylation sites is 1. The predicted octanol–water partition coefficient (Wildman–Crippen LogP) is 3.98. The van der Waals surface area contributed by atoms with Gasteiger partial charge in [-0.1, -0.05) is 53.2 Å². The van der Waals surface area contributed by atoms with Crippen LogP contribution in [0.4, 0.5) is 5.69 Å². The van der Waals surface area contributed by atoms with E-state index in [1.54, 1.807) is 13.0 Å². The summed E-state index contributed by atoms with van der Waals surface area (Å²) in [6.45, 7) is 7.00. The van der Waals surface area contributed by atoms with Crippen LogP contribution >= 0.6 is 0 Å². The number of hydrogen-bond donors (Lipinski definition) is 1. The molecule has 1 aliphatic heterocycles. The van der Waals surface area contributed by atoms with E-state index >= 15 is 0 Å². The maximum absolute atomic E-state index is 13.2. The van der Waals surface area contributed by atoms with Crippen LogP contribution in [-0.2, 0) is 4.79 Å². The molecule has 0 atom stereocenters. The zero-order valence-corrected chi connectivity index (χ0v) is 20.5. The lowest BCUT2D eigenvalue weighted by Crippen LogP contribution is -2.49. The monoisotopic (exact) mass is 483 g/mol. The number of amides is 2. The first-order valence-corrected chi connectivity index (χ1v) is 12.2. The molecule has 1 fully saturated rings. The van der Waals surface area contributed by atoms with Gasteiger partial charge in [0.25, 0.3) is 11.6 Å². The van der Waals surface area contributed by atoms with Gasteiger partial charge < -0.3 is 19.6 Å². The van der Waals surface area contributed by atoms with Crippen LogP contribution in [0.15, 0.2) is 65.2 Å². The molecule has 0 spiro atoms. The molecule has 184 valence electrons. The van der Waals surface area contributed by atoms with Crippen LogP contribution in [0.1, 0.15) is 28.0 Å². The number of fused-ring (bicyclic) bond motifs is 1. The number of carbonyl (C=O) groups excluding carboxylic acids is 2. The third-order valence-electron chi connectivity index (χ3n) is 6.59. The highest BCUT2D eigenvalue weighted by Crippen LogP contribution is 2.27. The van der Waals surface area contributed by atoms with Crippen molar-refractivity contribution in [1.29, 1.82) is 0 Å². The number of hydrogen-bond acceptors (Lipinski definition) is 6. The molecule has 2 aromatic carbocycles. The summed E-state index contributed by atoms with van der Waals surface area (Å²) in [5.74, 6) is -0.229. The molecular formula is C28H29N5O3. The lowest BCUT2D eigenvalue weighted by molar-refractivity contribution is -0.131. The zero-order valence-electron chi connectivity index (χ0n) is 20.5. The number of benzene rings is 2. The van der Waals surface area contributed by atoms with E-state index in [2.05, 4.69) is 32.5 Å². The van der Waals surface area contributed by atoms with Gasteiger partial charge in [0.2, 0.25) is 5.91 Å². The van der Waals surface area contributed by atoms with Gasteiger partial charge in [-0.3, -0.25) is 9.59 Å². The van der Waals surface area contributed by atoms with Crippen molar-refractivity contribution in [3.8, 4) is 11.3 Å². The second-order valence-corrected chi connectivity index (χ2v) is 9.08. The summed E-state index contributed by atoms with van der Waals surface area (Å²) in [5, 5.41) is 7.50. The van der Waals surface area contributed by atoms with Gasteiger partial charge in [-0.15, -0.1) is 0 Å². The van der Waals surface area contributed by atoms with Crippen LogP contribution < -0.4 is 10.2 Å². The highest BCUT2D eigenvalue weighted by Gasteiger charge is 2.22. The van der Waals surface area contributed by atoms with E-state index in [1.165, 1.54) is 5.69 Å². The number of pyridine rings is 1. The summed E-state index contributed by atoms with van der Waals surface area (Å²) in [6.07, 6.45) is 0.249. The largest absolute Gasteiger partial charge is 0.368 e. The first kappa shape index (κ1) is 23.5. The van der Waals surface area contributed by atoms with Crippen molar-refractivity contribution < 1.29 is 14.1 Å². The molecular weight excluding hydrogens is 454 g/mol. The maximum Gasteiger partial charge on any atom is 0.259 e. The van der Waals surface area contributed by atoms with E-state index in [0.717, 1.165) is 24.2 Å². The van der Waals surface area contributed by atoms with E-state index < -0.39 is 0 Å². The van der Waals surface area contributed by atoms with Crippen molar-refractivity contribution in [3.63, 3.8) is 0 Å². The fourth-order valence-corrected chi connectivity index (χ4v) is 4.54. The minimum atomic E-state index is -0.274. The first-order valence-electron chi connectivity index (χ1n) is 12.2. The molecule has 0 bridgehead atoms. The quantitative estimate of drug-likeness (QED) is 0.446. The summed E-state index contributed by atoms with van der Waals surface area (Å²) in [6, 6.07) is 19.9. The Morgan fingerprint density at radius 1 is 0.972 bits per heavy atom. The average Bonchev–Trinajstić information content (AvgIpc) is 3.29. The molecule has 8 nitrogen and oxygen atoms in total. The van der Waals surface area contributed by atoms with Gasteiger partial charge in [-0.2, -0.15) is 0 Å². The second kappa shape index (κ2) is 10.2. The van der Waals surface area contributed by atoms with Gasteiger partial charge in [0.1, 0.15) is 0 Å². The van der Waals surface area contributed by atoms with Crippen LogP contribution in [0.5, 0.6) is 0 Å². The highest BCUT2D eigenvalue weighted by molar-refractivity contribution is 6.07. The smallest absolute Gasteiger partial charge is 0.259 e. The standard InChI is InChI=1S/C28H29N5O3/c1-19-8-10-21(11-9-19)24-18-23(26-20(2)31-36-28(26)30-24)27(35)29-13-12-25(34)33-16-14-32(15-17-33)22-6-4-3-5-7-22/h3-11,18H,12-17H2,1-2H3,(H,29,35). The molecule has 8 heteroatoms. The first-order chi connectivity index (χ1) is 17.5. The van der Waals surface area contributed by atoms with E-state index in [-0.39, 0.29) is 24.8 Å². The highest BCUT2D eigenvalue weighted by atomic mass is 16.5. The Labute approximate surface area is 209 Å². The summed E-state index contributed by atoms with van der Waals surface area (Å²) >= 11 is 0. The molecule has 0 unspecified atom stereocenters. The molecule has 3 heterocycles. The molecule has 2 amide bonds. The topological polar surface area (TPSA) is 91.6 Å². The van der Waals surface area contributed by atoms with Crippen LogP contribution in [0.3, 0.4) is 0 Å². The Kier molecular flexibility index (Phi) is 6.66. The summed E-state index contributed by atoms with van der Waals surface area (Å²) in [7, 11) is 0. The number of rotatable bonds is 6. The van der Waals surface area contributed by atoms with E-state index in [9.17, 15) is 9.59 Å². The fourth-order valence-electron chi connectivity index (χ4n) is 4.54. The van der Waals surface area contributed by atoms with E-state index in [0.29, 0.717) is 41.1 Å². The normalized spacial score (nSPS) is 13.7. The van der Waals surface area contributed by atoms with Gasteiger partial charge in [0, 0.05) is 50.4 Å². The Morgan fingerprint density at radius 3 is 2.42 bits per heavy atom. The molecule has 1 aliphatic rings. The molecule has 1 saturated heterocycles. The number of piperazine rings is 1. The summed E-state index contributed by atoms with van der Waals surface area (Å²) in [5.41, 5.74) is 5.20. The second-order valence-electron chi connectivity index (χ2n) is 9.08. The molecule has 0 saturated carbocycles. The Balaban J connectivity index is 1.22. The molecule has 5 rings (SSSR count). The van der Waals surface area contributed by atoms with Crippen molar-refractivity contribution in [1.82, 2.24) is 20.4 Å². The molecule has 0 radical (unpaired) electrons. The van der Waals surface area contributed by atoms with Gasteiger partial charge in [0.15, 0.2) is 0 Å². The number of aryl methyl sites for hydroxylation is 2. The number of nitrogens with one attached hydrogen (secondary N) is 1. The molecule has 4 aromatic rings. The van der Waals surface area contributed by atoms with E-state index in [1.807, 2.05) is 54.3 Å². The Bertz CT molecular complexity index is 1370. The molecule has 36 heavy (non-hydrogen) atoms. The van der Waals surface area contributed by atoms with Crippen molar-refractivity contribution in [3.05, 3.63) is 77.5 Å². The maximum atomic E-state index is 13.2. The van der Waals surface area contributed by atoms with Gasteiger partial charge in [-0.25, -0.2) is 4.98 Å². The van der Waals surface area contributed by atoms with Gasteiger partial charge >= 0.3 is 0 Å². The Morgan fingerprint density at radius 2 is 1.69 bits per heavy atom. The lowest BCUT2D eigenvalue weighted by atomic mass is 10.0. The third kappa shape index (κ3) is 4.93. The predicted molar refractivity (Wildman–Crippen MR) is 139 cm³/mol. The lowest BCUT2D eigenvalue weighted by Gasteiger charge is -2.36. The van der Waals surface area contributed by atoms with E-state index in [4.69, 9.17) is 4.52 Å². The SMILES string of the molecule is Cc1ccc(-c2cc(C(=O)NCCC(=O)N3CCN(c4ccccc4)CC3)c3c(C)noc3n2)cc1. The van der Waals surface area contributed by atoms with Crippen LogP contribution in [0.2, 0.25) is 0 Å². The van der Waals surface area contributed by atoms with Gasteiger partial charge in [0.05, 0.1) is 22.3 Å². The van der Waals surface area contributed by atoms with Gasteiger partial charge in [-0.05, 0) is 32.0 Å². The van der Waals surface area contributed by atoms with Crippen molar-refractivity contribution in [2.75, 3.05) is 37.6 Å². The number of aromatic nitrogens is 2. The van der Waals surface area contributed by atoms with Crippen molar-refractivity contribution >= 4 is 28.6 Å². The zero-order chi connectivity index (χ0) is 25.1.